The molecule has 1 N–H and O–H groups in total. The number of benzene rings is 3. The van der Waals surface area contributed by atoms with Crippen LogP contribution in [0.2, 0.25) is 5.02 Å². The van der Waals surface area contributed by atoms with E-state index in [0.29, 0.717) is 42.5 Å². The van der Waals surface area contributed by atoms with Crippen molar-refractivity contribution in [2.45, 2.75) is 25.7 Å². The summed E-state index contributed by atoms with van der Waals surface area (Å²) in [7, 11) is -3.76. The zero-order valence-electron chi connectivity index (χ0n) is 19.5. The average molecular weight is 498 g/mol. The summed E-state index contributed by atoms with van der Waals surface area (Å²) in [5.74, 6) is -0.113. The lowest BCUT2D eigenvalue weighted by atomic mass is 10.1. The molecule has 0 spiro atoms. The van der Waals surface area contributed by atoms with Gasteiger partial charge >= 0.3 is 0 Å². The fourth-order valence-corrected chi connectivity index (χ4v) is 5.33. The number of anilines is 2. The molecule has 1 saturated heterocycles. The number of aryl methyl sites for hydroxylation is 3. The highest BCUT2D eigenvalue weighted by molar-refractivity contribution is 7.92. The van der Waals surface area contributed by atoms with Crippen LogP contribution in [0.25, 0.3) is 0 Å². The van der Waals surface area contributed by atoms with Crippen molar-refractivity contribution in [3.05, 3.63) is 87.9 Å². The second kappa shape index (κ2) is 9.68. The highest BCUT2D eigenvalue weighted by atomic mass is 35.5. The maximum absolute atomic E-state index is 13.2. The van der Waals surface area contributed by atoms with Crippen molar-refractivity contribution in [3.63, 3.8) is 0 Å². The second-order valence-corrected chi connectivity index (χ2v) is 10.8. The lowest BCUT2D eigenvalue weighted by Crippen LogP contribution is -2.49. The Kier molecular flexibility index (Phi) is 6.86. The number of carbonyl (C=O) groups is 1. The number of amides is 1. The summed E-state index contributed by atoms with van der Waals surface area (Å²) >= 11 is 6.17. The Morgan fingerprint density at radius 3 is 2.18 bits per heavy atom. The van der Waals surface area contributed by atoms with Crippen molar-refractivity contribution < 1.29 is 13.2 Å². The van der Waals surface area contributed by atoms with Gasteiger partial charge in [0.1, 0.15) is 0 Å². The number of hydrogen-bond donors (Lipinski definition) is 1. The number of halogens is 1. The van der Waals surface area contributed by atoms with Gasteiger partial charge in [-0.1, -0.05) is 41.4 Å². The SMILES string of the molecule is Cc1ccc(S(=O)(=O)Nc2cc(C(=O)N3CCN(c4cc(Cl)ccc4C)CC3)ccc2C)cc1. The Bertz CT molecular complexity index is 1320. The van der Waals surface area contributed by atoms with Gasteiger partial charge in [-0.3, -0.25) is 9.52 Å². The second-order valence-electron chi connectivity index (χ2n) is 8.66. The zero-order valence-corrected chi connectivity index (χ0v) is 21.1. The summed E-state index contributed by atoms with van der Waals surface area (Å²) < 4.78 is 28.3. The molecule has 0 radical (unpaired) electrons. The van der Waals surface area contributed by atoms with Crippen LogP contribution in [0.4, 0.5) is 11.4 Å². The molecule has 3 aromatic rings. The molecule has 0 bridgehead atoms. The van der Waals surface area contributed by atoms with Crippen LogP contribution in [-0.2, 0) is 10.0 Å². The molecular weight excluding hydrogens is 470 g/mol. The van der Waals surface area contributed by atoms with Crippen LogP contribution in [0.5, 0.6) is 0 Å². The maximum Gasteiger partial charge on any atom is 0.261 e. The lowest BCUT2D eigenvalue weighted by Gasteiger charge is -2.37. The quantitative estimate of drug-likeness (QED) is 0.537. The molecule has 1 aliphatic rings. The van der Waals surface area contributed by atoms with E-state index in [1.54, 1.807) is 47.4 Å². The van der Waals surface area contributed by atoms with E-state index in [-0.39, 0.29) is 10.8 Å². The number of hydrogen-bond acceptors (Lipinski definition) is 4. The first-order valence-electron chi connectivity index (χ1n) is 11.1. The number of carbonyl (C=O) groups excluding carboxylic acids is 1. The fourth-order valence-electron chi connectivity index (χ4n) is 4.04. The first-order chi connectivity index (χ1) is 16.1. The Morgan fingerprint density at radius 1 is 0.853 bits per heavy atom. The number of sulfonamides is 1. The Hall–Kier alpha value is -3.03. The molecule has 178 valence electrons. The maximum atomic E-state index is 13.2. The summed E-state index contributed by atoms with van der Waals surface area (Å²) in [5, 5.41) is 0.694. The summed E-state index contributed by atoms with van der Waals surface area (Å²) in [6, 6.07) is 17.6. The van der Waals surface area contributed by atoms with Crippen LogP contribution >= 0.6 is 11.6 Å². The van der Waals surface area contributed by atoms with Gasteiger partial charge in [-0.2, -0.15) is 0 Å². The molecule has 1 fully saturated rings. The Balaban J connectivity index is 1.48. The molecule has 4 rings (SSSR count). The first-order valence-corrected chi connectivity index (χ1v) is 13.0. The molecule has 0 aliphatic carbocycles. The van der Waals surface area contributed by atoms with Gasteiger partial charge in [0.2, 0.25) is 0 Å². The number of rotatable bonds is 5. The number of nitrogens with one attached hydrogen (secondary N) is 1. The van der Waals surface area contributed by atoms with Crippen molar-refractivity contribution in [2.75, 3.05) is 35.8 Å². The monoisotopic (exact) mass is 497 g/mol. The van der Waals surface area contributed by atoms with Crippen molar-refractivity contribution in [1.82, 2.24) is 4.90 Å². The van der Waals surface area contributed by atoms with E-state index < -0.39 is 10.0 Å². The van der Waals surface area contributed by atoms with Gasteiger partial charge in [0.15, 0.2) is 0 Å². The molecule has 6 nitrogen and oxygen atoms in total. The average Bonchev–Trinajstić information content (AvgIpc) is 2.82. The summed E-state index contributed by atoms with van der Waals surface area (Å²) in [4.78, 5) is 17.4. The predicted molar refractivity (Wildman–Crippen MR) is 137 cm³/mol. The highest BCUT2D eigenvalue weighted by Gasteiger charge is 2.24. The van der Waals surface area contributed by atoms with Crippen molar-refractivity contribution in [1.29, 1.82) is 0 Å². The minimum atomic E-state index is -3.76. The molecule has 34 heavy (non-hydrogen) atoms. The fraction of sp³-hybridized carbons (Fsp3) is 0.269. The van der Waals surface area contributed by atoms with Crippen molar-refractivity contribution in [2.24, 2.45) is 0 Å². The predicted octanol–water partition coefficient (Wildman–Crippen LogP) is 5.03. The molecule has 0 saturated carbocycles. The molecule has 1 aliphatic heterocycles. The van der Waals surface area contributed by atoms with Gasteiger partial charge in [-0.25, -0.2) is 8.42 Å². The topological polar surface area (TPSA) is 69.7 Å². The summed E-state index contributed by atoms with van der Waals surface area (Å²) in [6.07, 6.45) is 0. The molecule has 8 heteroatoms. The minimum absolute atomic E-state index is 0.113. The van der Waals surface area contributed by atoms with Crippen LogP contribution in [0.1, 0.15) is 27.0 Å². The van der Waals surface area contributed by atoms with E-state index in [1.165, 1.54) is 0 Å². The molecule has 1 heterocycles. The first kappa shape index (κ1) is 24.1. The smallest absolute Gasteiger partial charge is 0.261 e. The van der Waals surface area contributed by atoms with Crippen LogP contribution < -0.4 is 9.62 Å². The van der Waals surface area contributed by atoms with Crippen LogP contribution in [0, 0.1) is 20.8 Å². The van der Waals surface area contributed by atoms with E-state index >= 15 is 0 Å². The largest absolute Gasteiger partial charge is 0.368 e. The van der Waals surface area contributed by atoms with Gasteiger partial charge in [-0.05, 0) is 68.3 Å². The Labute approximate surface area is 206 Å². The van der Waals surface area contributed by atoms with Crippen LogP contribution in [0.15, 0.2) is 65.6 Å². The molecular formula is C26H28ClN3O3S. The van der Waals surface area contributed by atoms with Crippen LogP contribution in [-0.4, -0.2) is 45.4 Å². The highest BCUT2D eigenvalue weighted by Crippen LogP contribution is 2.26. The van der Waals surface area contributed by atoms with E-state index in [9.17, 15) is 13.2 Å². The van der Waals surface area contributed by atoms with Gasteiger partial charge in [0.25, 0.3) is 15.9 Å². The third kappa shape index (κ3) is 5.21. The van der Waals surface area contributed by atoms with Crippen molar-refractivity contribution >= 4 is 38.9 Å². The van der Waals surface area contributed by atoms with E-state index in [0.717, 1.165) is 22.4 Å². The van der Waals surface area contributed by atoms with Gasteiger partial charge in [-0.15, -0.1) is 0 Å². The zero-order chi connectivity index (χ0) is 24.5. The molecule has 0 aromatic heterocycles. The normalized spacial score (nSPS) is 14.2. The third-order valence-corrected chi connectivity index (χ3v) is 7.76. The molecule has 1 amide bonds. The summed E-state index contributed by atoms with van der Waals surface area (Å²) in [6.45, 7) is 8.31. The van der Waals surface area contributed by atoms with Gasteiger partial charge < -0.3 is 9.80 Å². The van der Waals surface area contributed by atoms with E-state index in [2.05, 4.69) is 16.5 Å². The molecule has 3 aromatic carbocycles. The standard InChI is InChI=1S/C26H28ClN3O3S/c1-18-4-10-23(11-5-18)34(32,33)28-24-16-21(8-6-19(24)2)26(31)30-14-12-29(13-15-30)25-17-22(27)9-7-20(25)3/h4-11,16-17,28H,12-15H2,1-3H3. The van der Waals surface area contributed by atoms with E-state index in [4.69, 9.17) is 11.6 Å². The van der Waals surface area contributed by atoms with Gasteiger partial charge in [0.05, 0.1) is 10.6 Å². The molecule has 0 unspecified atom stereocenters. The van der Waals surface area contributed by atoms with E-state index in [1.807, 2.05) is 32.0 Å². The molecule has 0 atom stereocenters. The minimum Gasteiger partial charge on any atom is -0.368 e. The summed E-state index contributed by atoms with van der Waals surface area (Å²) in [5.41, 5.74) is 4.82. The van der Waals surface area contributed by atoms with Gasteiger partial charge in [0, 0.05) is 42.5 Å². The third-order valence-electron chi connectivity index (χ3n) is 6.14. The van der Waals surface area contributed by atoms with Crippen molar-refractivity contribution in [3.8, 4) is 0 Å². The number of nitrogens with zero attached hydrogens (tertiary/aromatic N) is 2. The van der Waals surface area contributed by atoms with Crippen LogP contribution in [0.3, 0.4) is 0 Å². The number of piperazine rings is 1. The Morgan fingerprint density at radius 2 is 1.50 bits per heavy atom. The lowest BCUT2D eigenvalue weighted by molar-refractivity contribution is 0.0747.